The molecule has 0 spiro atoms. The van der Waals surface area contributed by atoms with Gasteiger partial charge in [-0.15, -0.1) is 10.2 Å². The average Bonchev–Trinajstić information content (AvgIpc) is 3.05. The third-order valence-corrected chi connectivity index (χ3v) is 5.92. The summed E-state index contributed by atoms with van der Waals surface area (Å²) < 4.78 is 13.7. The van der Waals surface area contributed by atoms with Crippen molar-refractivity contribution in [3.63, 3.8) is 0 Å². The van der Waals surface area contributed by atoms with Crippen LogP contribution in [0.2, 0.25) is 0 Å². The number of anilines is 1. The zero-order valence-electron chi connectivity index (χ0n) is 13.3. The fraction of sp³-hybridized carbons (Fsp3) is 0.529. The molecule has 0 bridgehead atoms. The second-order valence-electron chi connectivity index (χ2n) is 6.25. The molecule has 2 heterocycles. The molecule has 3 rings (SSSR count). The van der Waals surface area contributed by atoms with E-state index in [-0.39, 0.29) is 17.8 Å². The molecule has 6 heteroatoms. The van der Waals surface area contributed by atoms with E-state index in [1.807, 2.05) is 6.07 Å². The number of aliphatic hydroxyl groups excluding tert-OH is 1. The highest BCUT2D eigenvalue weighted by Crippen LogP contribution is 2.36. The molecule has 0 atom stereocenters. The summed E-state index contributed by atoms with van der Waals surface area (Å²) in [6.07, 6.45) is 3.43. The molecular weight excluding hydrogens is 313 g/mol. The molecule has 2 aromatic rings. The molecule has 0 aliphatic carbocycles. The van der Waals surface area contributed by atoms with Crippen LogP contribution in [0.4, 0.5) is 9.52 Å². The largest absolute Gasteiger partial charge is 0.396 e. The van der Waals surface area contributed by atoms with Gasteiger partial charge in [0.05, 0.1) is 0 Å². The van der Waals surface area contributed by atoms with Gasteiger partial charge in [-0.1, -0.05) is 36.5 Å². The summed E-state index contributed by atoms with van der Waals surface area (Å²) in [5, 5.41) is 19.8. The van der Waals surface area contributed by atoms with Crippen LogP contribution in [0.5, 0.6) is 0 Å². The van der Waals surface area contributed by atoms with Crippen molar-refractivity contribution in [1.82, 2.24) is 10.2 Å². The molecule has 1 aromatic heterocycles. The molecule has 1 N–H and O–H groups in total. The molecular formula is C17H22FN3OS. The Morgan fingerprint density at radius 3 is 2.65 bits per heavy atom. The van der Waals surface area contributed by atoms with E-state index in [9.17, 15) is 9.50 Å². The Hall–Kier alpha value is -1.53. The van der Waals surface area contributed by atoms with Crippen LogP contribution in [-0.2, 0) is 6.42 Å². The highest BCUT2D eigenvalue weighted by molar-refractivity contribution is 7.15. The van der Waals surface area contributed by atoms with Crippen molar-refractivity contribution in [3.8, 4) is 0 Å². The third kappa shape index (κ3) is 3.53. The minimum Gasteiger partial charge on any atom is -0.396 e. The molecule has 1 aromatic carbocycles. The predicted molar refractivity (Wildman–Crippen MR) is 90.4 cm³/mol. The summed E-state index contributed by atoms with van der Waals surface area (Å²) in [7, 11) is 0. The fourth-order valence-corrected chi connectivity index (χ4v) is 3.96. The minimum atomic E-state index is -0.196. The Balaban J connectivity index is 1.65. The lowest BCUT2D eigenvalue weighted by molar-refractivity contribution is 0.0922. The van der Waals surface area contributed by atoms with Gasteiger partial charge in [0.25, 0.3) is 0 Å². The summed E-state index contributed by atoms with van der Waals surface area (Å²) in [6, 6.07) is 6.79. The molecule has 0 saturated carbocycles. The molecule has 1 aliphatic rings. The average molecular weight is 335 g/mol. The number of rotatable bonds is 5. The highest BCUT2D eigenvalue weighted by atomic mass is 32.1. The zero-order valence-corrected chi connectivity index (χ0v) is 14.2. The molecule has 1 aliphatic heterocycles. The van der Waals surface area contributed by atoms with Gasteiger partial charge < -0.3 is 10.0 Å². The lowest BCUT2D eigenvalue weighted by Crippen LogP contribution is -2.41. The van der Waals surface area contributed by atoms with Gasteiger partial charge in [0, 0.05) is 26.1 Å². The molecule has 124 valence electrons. The van der Waals surface area contributed by atoms with E-state index < -0.39 is 0 Å². The van der Waals surface area contributed by atoms with Gasteiger partial charge >= 0.3 is 0 Å². The van der Waals surface area contributed by atoms with E-state index in [1.54, 1.807) is 12.1 Å². The maximum absolute atomic E-state index is 13.7. The predicted octanol–water partition coefficient (Wildman–Crippen LogP) is 3.26. The van der Waals surface area contributed by atoms with Gasteiger partial charge in [-0.25, -0.2) is 4.39 Å². The Kier molecular flexibility index (Phi) is 4.92. The van der Waals surface area contributed by atoms with Crippen molar-refractivity contribution < 1.29 is 9.50 Å². The first-order chi connectivity index (χ1) is 11.2. The number of aromatic nitrogens is 2. The van der Waals surface area contributed by atoms with Crippen molar-refractivity contribution in [2.24, 2.45) is 5.41 Å². The minimum absolute atomic E-state index is 0.0667. The SMILES string of the molecule is CCC1(CO)CCN(c2nnc(Cc3ccccc3F)s2)CC1. The molecule has 0 amide bonds. The zero-order chi connectivity index (χ0) is 16.3. The highest BCUT2D eigenvalue weighted by Gasteiger charge is 2.33. The molecule has 0 unspecified atom stereocenters. The quantitative estimate of drug-likeness (QED) is 0.911. The maximum Gasteiger partial charge on any atom is 0.208 e. The standard InChI is InChI=1S/C17H22FN3OS/c1-2-17(12-22)7-9-21(10-8-17)16-20-19-15(23-16)11-13-5-3-4-6-14(13)18/h3-6,22H,2,7-12H2,1H3. The number of benzene rings is 1. The van der Waals surface area contributed by atoms with Crippen LogP contribution in [0.25, 0.3) is 0 Å². The van der Waals surface area contributed by atoms with Crippen molar-refractivity contribution in [1.29, 1.82) is 0 Å². The number of piperidine rings is 1. The summed E-state index contributed by atoms with van der Waals surface area (Å²) in [6.45, 7) is 4.18. The van der Waals surface area contributed by atoms with Gasteiger partial charge in [0.2, 0.25) is 5.13 Å². The maximum atomic E-state index is 13.7. The van der Waals surface area contributed by atoms with Crippen molar-refractivity contribution in [2.75, 3.05) is 24.6 Å². The third-order valence-electron chi connectivity index (χ3n) is 4.94. The number of halogens is 1. The van der Waals surface area contributed by atoms with Crippen molar-refractivity contribution in [2.45, 2.75) is 32.6 Å². The number of hydrogen-bond acceptors (Lipinski definition) is 5. The summed E-state index contributed by atoms with van der Waals surface area (Å²) in [5.41, 5.74) is 0.719. The Bertz CT molecular complexity index is 647. The topological polar surface area (TPSA) is 49.2 Å². The van der Waals surface area contributed by atoms with E-state index in [1.165, 1.54) is 17.4 Å². The van der Waals surface area contributed by atoms with Gasteiger partial charge in [-0.3, -0.25) is 0 Å². The lowest BCUT2D eigenvalue weighted by Gasteiger charge is -2.39. The van der Waals surface area contributed by atoms with Gasteiger partial charge in [-0.05, 0) is 36.3 Å². The Morgan fingerprint density at radius 1 is 1.26 bits per heavy atom. The van der Waals surface area contributed by atoms with E-state index in [0.717, 1.165) is 42.5 Å². The van der Waals surface area contributed by atoms with Crippen LogP contribution < -0.4 is 4.90 Å². The number of hydrogen-bond donors (Lipinski definition) is 1. The van der Waals surface area contributed by atoms with Crippen molar-refractivity contribution >= 4 is 16.5 Å². The first kappa shape index (κ1) is 16.3. The Labute approximate surface area is 140 Å². The molecule has 1 fully saturated rings. The van der Waals surface area contributed by atoms with Crippen LogP contribution in [0, 0.1) is 11.2 Å². The summed E-state index contributed by atoms with van der Waals surface area (Å²) in [5.74, 6) is -0.196. The Morgan fingerprint density at radius 2 is 2.00 bits per heavy atom. The number of aliphatic hydroxyl groups is 1. The first-order valence-electron chi connectivity index (χ1n) is 8.07. The van der Waals surface area contributed by atoms with E-state index >= 15 is 0 Å². The smallest absolute Gasteiger partial charge is 0.208 e. The van der Waals surface area contributed by atoms with Crippen LogP contribution in [0.3, 0.4) is 0 Å². The van der Waals surface area contributed by atoms with E-state index in [4.69, 9.17) is 0 Å². The summed E-state index contributed by atoms with van der Waals surface area (Å²) in [4.78, 5) is 2.23. The van der Waals surface area contributed by atoms with E-state index in [2.05, 4.69) is 22.0 Å². The van der Waals surface area contributed by atoms with Gasteiger partial charge in [0.1, 0.15) is 10.8 Å². The van der Waals surface area contributed by atoms with Gasteiger partial charge in [-0.2, -0.15) is 0 Å². The van der Waals surface area contributed by atoms with E-state index in [0.29, 0.717) is 12.0 Å². The number of nitrogens with zero attached hydrogens (tertiary/aromatic N) is 3. The fourth-order valence-electron chi connectivity index (χ4n) is 3.04. The molecule has 1 saturated heterocycles. The second kappa shape index (κ2) is 6.93. The monoisotopic (exact) mass is 335 g/mol. The van der Waals surface area contributed by atoms with Crippen LogP contribution in [0.15, 0.2) is 24.3 Å². The van der Waals surface area contributed by atoms with Crippen LogP contribution >= 0.6 is 11.3 Å². The normalized spacial score (nSPS) is 17.4. The lowest BCUT2D eigenvalue weighted by atomic mass is 9.77. The molecule has 0 radical (unpaired) electrons. The van der Waals surface area contributed by atoms with Gasteiger partial charge in [0.15, 0.2) is 0 Å². The second-order valence-corrected chi connectivity index (χ2v) is 7.29. The molecule has 23 heavy (non-hydrogen) atoms. The molecule has 4 nitrogen and oxygen atoms in total. The van der Waals surface area contributed by atoms with Crippen LogP contribution in [0.1, 0.15) is 36.8 Å². The summed E-state index contributed by atoms with van der Waals surface area (Å²) >= 11 is 1.53. The first-order valence-corrected chi connectivity index (χ1v) is 8.89. The van der Waals surface area contributed by atoms with Crippen molar-refractivity contribution in [3.05, 3.63) is 40.7 Å². The van der Waals surface area contributed by atoms with Crippen LogP contribution in [-0.4, -0.2) is 35.0 Å².